The minimum absolute atomic E-state index is 0.130. The van der Waals surface area contributed by atoms with Crippen molar-refractivity contribution in [3.8, 4) is 5.75 Å². The Hall–Kier alpha value is -3.80. The maximum atomic E-state index is 13.4. The van der Waals surface area contributed by atoms with Gasteiger partial charge in [-0.05, 0) is 24.3 Å². The molecule has 172 valence electrons. The minimum Gasteiger partial charge on any atom is -0.489 e. The van der Waals surface area contributed by atoms with Crippen LogP contribution < -0.4 is 10.1 Å². The lowest BCUT2D eigenvalue weighted by Gasteiger charge is -2.49. The standard InChI is InChI=1S/C21H18FN3O7S/c1-30-24-15(14-6-3-7-31-14)18(26)23-16-19(27)25-17(21(28)29)11(10-33-20(16)25)9-32-13-5-2-4-12(22)8-13/h2-8,16,20H,9-10H2,1H3,(H,23,26)(H,28,29)/t16?,20-/m1/s1. The number of nitrogens with one attached hydrogen (secondary N) is 1. The molecule has 2 aromatic rings. The molecule has 33 heavy (non-hydrogen) atoms. The maximum absolute atomic E-state index is 13.4. The molecule has 0 spiro atoms. The number of nitrogens with zero attached hydrogens (tertiary/aromatic N) is 2. The van der Waals surface area contributed by atoms with Crippen LogP contribution in [0.25, 0.3) is 0 Å². The molecule has 3 heterocycles. The number of carbonyl (C=O) groups excluding carboxylic acids is 2. The number of β-lactam (4-membered cyclic amide) rings is 1. The number of oxime groups is 1. The third kappa shape index (κ3) is 4.42. The zero-order valence-corrected chi connectivity index (χ0v) is 18.0. The van der Waals surface area contributed by atoms with Crippen molar-refractivity contribution in [2.45, 2.75) is 11.4 Å². The normalized spacial score (nSPS) is 20.1. The highest BCUT2D eigenvalue weighted by molar-refractivity contribution is 8.00. The van der Waals surface area contributed by atoms with Crippen molar-refractivity contribution < 1.29 is 37.9 Å². The zero-order chi connectivity index (χ0) is 23.5. The van der Waals surface area contributed by atoms with Crippen molar-refractivity contribution in [3.05, 3.63) is 65.5 Å². The number of carboxylic acids is 1. The molecule has 2 aliphatic heterocycles. The van der Waals surface area contributed by atoms with Crippen molar-refractivity contribution in [1.29, 1.82) is 0 Å². The summed E-state index contributed by atoms with van der Waals surface area (Å²) in [4.78, 5) is 43.2. The van der Waals surface area contributed by atoms with Crippen LogP contribution in [0.4, 0.5) is 4.39 Å². The van der Waals surface area contributed by atoms with Crippen molar-refractivity contribution in [2.24, 2.45) is 5.16 Å². The Morgan fingerprint density at radius 2 is 2.18 bits per heavy atom. The molecule has 1 saturated heterocycles. The number of hydrogen-bond acceptors (Lipinski definition) is 8. The van der Waals surface area contributed by atoms with E-state index in [0.29, 0.717) is 5.57 Å². The van der Waals surface area contributed by atoms with E-state index in [-0.39, 0.29) is 35.3 Å². The second kappa shape index (κ2) is 9.36. The molecule has 4 rings (SSSR count). The Kier molecular flexibility index (Phi) is 6.36. The van der Waals surface area contributed by atoms with Crippen molar-refractivity contribution in [3.63, 3.8) is 0 Å². The van der Waals surface area contributed by atoms with Gasteiger partial charge in [0.25, 0.3) is 11.8 Å². The first-order chi connectivity index (χ1) is 15.9. The monoisotopic (exact) mass is 475 g/mol. The Morgan fingerprint density at radius 3 is 2.85 bits per heavy atom. The molecule has 0 aliphatic carbocycles. The molecule has 2 aliphatic rings. The van der Waals surface area contributed by atoms with Gasteiger partial charge in [0.2, 0.25) is 5.71 Å². The number of benzene rings is 1. The number of fused-ring (bicyclic) bond motifs is 1. The van der Waals surface area contributed by atoms with E-state index in [1.165, 1.54) is 49.4 Å². The fourth-order valence-electron chi connectivity index (χ4n) is 3.43. The molecule has 2 N–H and O–H groups in total. The third-order valence-corrected chi connectivity index (χ3v) is 6.24. The van der Waals surface area contributed by atoms with Crippen LogP contribution in [0.15, 0.2) is 63.5 Å². The Labute approximate surface area is 191 Å². The minimum atomic E-state index is -1.30. The summed E-state index contributed by atoms with van der Waals surface area (Å²) in [6.45, 7) is -0.130. The molecule has 1 unspecified atom stereocenters. The molecule has 1 aromatic heterocycles. The van der Waals surface area contributed by atoms with Crippen molar-refractivity contribution in [2.75, 3.05) is 19.5 Å². The molecule has 10 nitrogen and oxygen atoms in total. The van der Waals surface area contributed by atoms with Gasteiger partial charge in [0.15, 0.2) is 5.76 Å². The Morgan fingerprint density at radius 1 is 1.36 bits per heavy atom. The number of carbonyl (C=O) groups is 3. The van der Waals surface area contributed by atoms with E-state index < -0.39 is 35.0 Å². The van der Waals surface area contributed by atoms with E-state index in [4.69, 9.17) is 14.0 Å². The fourth-order valence-corrected chi connectivity index (χ4v) is 4.76. The molecular formula is C21H18FN3O7S. The zero-order valence-electron chi connectivity index (χ0n) is 17.2. The maximum Gasteiger partial charge on any atom is 0.352 e. The predicted octanol–water partition coefficient (Wildman–Crippen LogP) is 1.59. The molecule has 0 bridgehead atoms. The average molecular weight is 475 g/mol. The first-order valence-corrected chi connectivity index (χ1v) is 10.7. The fraction of sp³-hybridized carbons (Fsp3) is 0.238. The van der Waals surface area contributed by atoms with Crippen LogP contribution in [0.3, 0.4) is 0 Å². The highest BCUT2D eigenvalue weighted by atomic mass is 32.2. The topological polar surface area (TPSA) is 131 Å². The molecular weight excluding hydrogens is 457 g/mol. The molecule has 1 fully saturated rings. The lowest BCUT2D eigenvalue weighted by molar-refractivity contribution is -0.150. The summed E-state index contributed by atoms with van der Waals surface area (Å²) in [5.74, 6) is -2.44. The first kappa shape index (κ1) is 22.4. The van der Waals surface area contributed by atoms with Gasteiger partial charge >= 0.3 is 5.97 Å². The smallest absolute Gasteiger partial charge is 0.352 e. The summed E-state index contributed by atoms with van der Waals surface area (Å²) >= 11 is 1.28. The predicted molar refractivity (Wildman–Crippen MR) is 114 cm³/mol. The number of aliphatic carboxylic acids is 1. The number of thioether (sulfide) groups is 1. The van der Waals surface area contributed by atoms with Gasteiger partial charge in [-0.25, -0.2) is 9.18 Å². The van der Waals surface area contributed by atoms with Gasteiger partial charge in [0, 0.05) is 17.4 Å². The Balaban J connectivity index is 1.49. The second-order valence-corrected chi connectivity index (χ2v) is 8.07. The second-order valence-electron chi connectivity index (χ2n) is 6.96. The molecule has 1 aromatic carbocycles. The van der Waals surface area contributed by atoms with E-state index in [1.807, 2.05) is 0 Å². The van der Waals surface area contributed by atoms with E-state index in [1.54, 1.807) is 12.1 Å². The number of furan rings is 1. The summed E-state index contributed by atoms with van der Waals surface area (Å²) in [6.07, 6.45) is 1.36. The summed E-state index contributed by atoms with van der Waals surface area (Å²) in [5.41, 5.74) is -0.00133. The molecule has 2 atom stereocenters. The first-order valence-electron chi connectivity index (χ1n) is 9.65. The largest absolute Gasteiger partial charge is 0.489 e. The van der Waals surface area contributed by atoms with Crippen LogP contribution in [-0.4, -0.2) is 64.4 Å². The quantitative estimate of drug-likeness (QED) is 0.334. The summed E-state index contributed by atoms with van der Waals surface area (Å²) in [6, 6.07) is 7.58. The Bertz CT molecular complexity index is 1150. The van der Waals surface area contributed by atoms with Gasteiger partial charge in [0.05, 0.1) is 6.26 Å². The SMILES string of the molecule is CON=C(C(=O)NC1C(=O)N2C(C(=O)O)=C(COc3cccc(F)c3)CS[C@H]12)c1ccco1. The van der Waals surface area contributed by atoms with E-state index in [2.05, 4.69) is 10.5 Å². The summed E-state index contributed by atoms with van der Waals surface area (Å²) < 4.78 is 24.0. The number of halogens is 1. The number of rotatable bonds is 8. The van der Waals surface area contributed by atoms with Crippen molar-refractivity contribution in [1.82, 2.24) is 10.2 Å². The lowest BCUT2D eigenvalue weighted by atomic mass is 10.0. The van der Waals surface area contributed by atoms with Crippen molar-refractivity contribution >= 4 is 35.3 Å². The van der Waals surface area contributed by atoms with E-state index in [9.17, 15) is 23.9 Å². The van der Waals surface area contributed by atoms with Crippen LogP contribution in [-0.2, 0) is 19.2 Å². The van der Waals surface area contributed by atoms with Crippen LogP contribution >= 0.6 is 11.8 Å². The van der Waals surface area contributed by atoms with Gasteiger partial charge in [0.1, 0.15) is 42.4 Å². The number of amides is 2. The summed E-state index contributed by atoms with van der Waals surface area (Å²) in [5, 5.41) is 15.3. The van der Waals surface area contributed by atoms with Gasteiger partial charge in [-0.2, -0.15) is 0 Å². The van der Waals surface area contributed by atoms with E-state index in [0.717, 1.165) is 4.90 Å². The van der Waals surface area contributed by atoms with Gasteiger partial charge in [-0.1, -0.05) is 11.2 Å². The average Bonchev–Trinajstić information content (AvgIpc) is 3.33. The lowest BCUT2D eigenvalue weighted by Crippen LogP contribution is -2.71. The van der Waals surface area contributed by atoms with E-state index >= 15 is 0 Å². The van der Waals surface area contributed by atoms with Gasteiger partial charge in [-0.3, -0.25) is 14.5 Å². The highest BCUT2D eigenvalue weighted by Crippen LogP contribution is 2.40. The number of carboxylic acid groups (broad SMARTS) is 1. The van der Waals surface area contributed by atoms with Crippen LogP contribution in [0.1, 0.15) is 5.76 Å². The molecule has 0 radical (unpaired) electrons. The molecule has 12 heteroatoms. The molecule has 2 amide bonds. The number of ether oxygens (including phenoxy) is 1. The van der Waals surface area contributed by atoms with Gasteiger partial charge in [-0.15, -0.1) is 11.8 Å². The summed E-state index contributed by atoms with van der Waals surface area (Å²) in [7, 11) is 1.26. The molecule has 0 saturated carbocycles. The number of hydrogen-bond donors (Lipinski definition) is 2. The van der Waals surface area contributed by atoms with Gasteiger partial charge < -0.3 is 24.4 Å². The third-order valence-electron chi connectivity index (χ3n) is 4.90. The highest BCUT2D eigenvalue weighted by Gasteiger charge is 2.54. The van der Waals surface area contributed by atoms with Crippen LogP contribution in [0.5, 0.6) is 5.75 Å². The van der Waals surface area contributed by atoms with Crippen LogP contribution in [0, 0.1) is 5.82 Å². The van der Waals surface area contributed by atoms with Crippen LogP contribution in [0.2, 0.25) is 0 Å².